The van der Waals surface area contributed by atoms with Crippen molar-refractivity contribution in [1.82, 2.24) is 9.97 Å². The maximum atomic E-state index is 13.4. The van der Waals surface area contributed by atoms with Crippen molar-refractivity contribution in [3.8, 4) is 17.1 Å². The van der Waals surface area contributed by atoms with E-state index in [2.05, 4.69) is 9.97 Å². The number of hydrogen-bond acceptors (Lipinski definition) is 8. The van der Waals surface area contributed by atoms with E-state index in [1.807, 2.05) is 13.0 Å². The van der Waals surface area contributed by atoms with E-state index in [0.717, 1.165) is 5.56 Å². The van der Waals surface area contributed by atoms with Crippen LogP contribution in [0, 0.1) is 13.8 Å². The number of ether oxygens (including phenoxy) is 1. The van der Waals surface area contributed by atoms with Crippen LogP contribution in [0.4, 0.5) is 0 Å². The molecule has 9 nitrogen and oxygen atoms in total. The number of aromatic nitrogens is 2. The molecule has 0 unspecified atom stereocenters. The smallest absolute Gasteiger partial charge is 0.259 e. The summed E-state index contributed by atoms with van der Waals surface area (Å²) in [6.07, 6.45) is 0.578. The molecular weight excluding hydrogens is 506 g/mol. The number of sulfonamides is 1. The summed E-state index contributed by atoms with van der Waals surface area (Å²) in [6.45, 7) is 5.24. The number of fused-ring (bicyclic) bond motifs is 2. The quantitative estimate of drug-likeness (QED) is 0.314. The minimum absolute atomic E-state index is 0.0480. The van der Waals surface area contributed by atoms with E-state index >= 15 is 0 Å². The van der Waals surface area contributed by atoms with Gasteiger partial charge in [-0.25, -0.2) is 23.5 Å². The fraction of sp³-hybridized carbons (Fsp3) is 0.160. The van der Waals surface area contributed by atoms with E-state index in [9.17, 15) is 13.2 Å². The number of rotatable bonds is 5. The normalized spacial score (nSPS) is 12.8. The van der Waals surface area contributed by atoms with Gasteiger partial charge in [0.05, 0.1) is 5.39 Å². The highest BCUT2D eigenvalue weighted by Crippen LogP contribution is 2.36. The number of nitrogens with zero attached hydrogens (tertiary/aromatic N) is 2. The first kappa shape index (κ1) is 24.0. The number of primary sulfonamides is 1. The zero-order chi connectivity index (χ0) is 25.8. The Morgan fingerprint density at radius 1 is 1.14 bits per heavy atom. The fourth-order valence-electron chi connectivity index (χ4n) is 4.15. The largest absolute Gasteiger partial charge is 0.483 e. The van der Waals surface area contributed by atoms with Gasteiger partial charge in [-0.1, -0.05) is 17.7 Å². The molecule has 5 aromatic rings. The molecule has 184 valence electrons. The minimum atomic E-state index is -4.21. The number of oxazole rings is 1. The molecule has 2 aromatic carbocycles. The van der Waals surface area contributed by atoms with Crippen molar-refractivity contribution in [2.75, 3.05) is 0 Å². The standard InChI is InChI=1S/C25H20ClN3O6S/c1-12-9-16(14(3)34-19-7-8-20(26)29-25(19)36(27,31)32)24-17(10-12)22(30)13(2)23(35-24)15-5-4-6-18-21(15)28-11-33-18/h4-11,14H,1-3H3,(H2,27,31,32)/t14-/m1/s1. The second kappa shape index (κ2) is 8.74. The van der Waals surface area contributed by atoms with Crippen LogP contribution in [0.2, 0.25) is 5.15 Å². The van der Waals surface area contributed by atoms with Crippen molar-refractivity contribution in [1.29, 1.82) is 0 Å². The Kier molecular flexibility index (Phi) is 5.82. The minimum Gasteiger partial charge on any atom is -0.483 e. The fourth-order valence-corrected chi connectivity index (χ4v) is 4.97. The number of halogens is 1. The van der Waals surface area contributed by atoms with Crippen LogP contribution in [0.15, 0.2) is 67.5 Å². The first-order valence-corrected chi connectivity index (χ1v) is 12.7. The maximum absolute atomic E-state index is 13.4. The SMILES string of the molecule is Cc1cc([C@@H](C)Oc2ccc(Cl)nc2S(N)(=O)=O)c2oc(-c3cccc4ocnc34)c(C)c(=O)c2c1. The summed E-state index contributed by atoms with van der Waals surface area (Å²) >= 11 is 5.87. The Hall–Kier alpha value is -3.73. The number of para-hydroxylation sites is 1. The van der Waals surface area contributed by atoms with Gasteiger partial charge in [0.2, 0.25) is 5.03 Å². The highest BCUT2D eigenvalue weighted by Gasteiger charge is 2.24. The number of benzene rings is 2. The van der Waals surface area contributed by atoms with Crippen LogP contribution in [-0.2, 0) is 10.0 Å². The molecule has 0 aliphatic rings. The first-order valence-electron chi connectivity index (χ1n) is 10.8. The summed E-state index contributed by atoms with van der Waals surface area (Å²) in [6, 6.07) is 11.7. The van der Waals surface area contributed by atoms with Gasteiger partial charge in [-0.05, 0) is 62.7 Å². The number of nitrogens with two attached hydrogens (primary N) is 1. The molecule has 3 heterocycles. The Morgan fingerprint density at radius 3 is 2.67 bits per heavy atom. The van der Waals surface area contributed by atoms with E-state index in [4.69, 9.17) is 30.3 Å². The molecule has 3 aromatic heterocycles. The third kappa shape index (κ3) is 4.13. The van der Waals surface area contributed by atoms with Crippen LogP contribution in [0.3, 0.4) is 0 Å². The molecule has 0 bridgehead atoms. The highest BCUT2D eigenvalue weighted by molar-refractivity contribution is 7.89. The Bertz CT molecular complexity index is 1830. The van der Waals surface area contributed by atoms with E-state index in [1.54, 1.807) is 38.1 Å². The molecule has 0 amide bonds. The van der Waals surface area contributed by atoms with Crippen molar-refractivity contribution in [3.05, 3.63) is 80.9 Å². The number of pyridine rings is 1. The van der Waals surface area contributed by atoms with Gasteiger partial charge in [-0.3, -0.25) is 4.79 Å². The summed E-state index contributed by atoms with van der Waals surface area (Å²) < 4.78 is 41.9. The lowest BCUT2D eigenvalue weighted by molar-refractivity contribution is 0.219. The Balaban J connectivity index is 1.71. The van der Waals surface area contributed by atoms with Crippen molar-refractivity contribution in [3.63, 3.8) is 0 Å². The molecule has 0 radical (unpaired) electrons. The molecule has 36 heavy (non-hydrogen) atoms. The second-order valence-electron chi connectivity index (χ2n) is 8.36. The van der Waals surface area contributed by atoms with E-state index in [1.165, 1.54) is 18.5 Å². The molecule has 0 saturated carbocycles. The van der Waals surface area contributed by atoms with Gasteiger partial charge in [0.25, 0.3) is 10.0 Å². The summed E-state index contributed by atoms with van der Waals surface area (Å²) in [5.41, 5.74) is 3.57. The molecule has 0 fully saturated rings. The summed E-state index contributed by atoms with van der Waals surface area (Å²) in [5, 5.41) is 5.14. The lowest BCUT2D eigenvalue weighted by atomic mass is 9.99. The van der Waals surface area contributed by atoms with Crippen molar-refractivity contribution in [2.45, 2.75) is 31.9 Å². The molecule has 5 rings (SSSR count). The molecule has 2 N–H and O–H groups in total. The Morgan fingerprint density at radius 2 is 1.92 bits per heavy atom. The topological polar surface area (TPSA) is 139 Å². The van der Waals surface area contributed by atoms with Gasteiger partial charge < -0.3 is 13.6 Å². The predicted octanol–water partition coefficient (Wildman–Crippen LogP) is 5.05. The van der Waals surface area contributed by atoms with Gasteiger partial charge in [0.15, 0.2) is 23.2 Å². The lowest BCUT2D eigenvalue weighted by Gasteiger charge is -2.19. The molecule has 11 heteroatoms. The second-order valence-corrected chi connectivity index (χ2v) is 10.2. The first-order chi connectivity index (χ1) is 17.0. The summed E-state index contributed by atoms with van der Waals surface area (Å²) in [5.74, 6) is 0.272. The van der Waals surface area contributed by atoms with Gasteiger partial charge in [-0.15, -0.1) is 0 Å². The highest BCUT2D eigenvalue weighted by atomic mass is 35.5. The number of hydrogen-bond donors (Lipinski definition) is 1. The third-order valence-electron chi connectivity index (χ3n) is 5.80. The van der Waals surface area contributed by atoms with Crippen molar-refractivity contribution in [2.24, 2.45) is 5.14 Å². The maximum Gasteiger partial charge on any atom is 0.259 e. The zero-order valence-electron chi connectivity index (χ0n) is 19.4. The predicted molar refractivity (Wildman–Crippen MR) is 135 cm³/mol. The number of aryl methyl sites for hydroxylation is 1. The monoisotopic (exact) mass is 525 g/mol. The molecule has 1 atom stereocenters. The molecule has 0 saturated heterocycles. The average molecular weight is 526 g/mol. The van der Waals surface area contributed by atoms with Gasteiger partial charge in [-0.2, -0.15) is 0 Å². The Labute approximate surface area is 210 Å². The average Bonchev–Trinajstić information content (AvgIpc) is 3.31. The van der Waals surface area contributed by atoms with Crippen molar-refractivity contribution >= 4 is 43.7 Å². The van der Waals surface area contributed by atoms with Crippen LogP contribution in [0.1, 0.15) is 29.7 Å². The van der Waals surface area contributed by atoms with Crippen LogP contribution in [0.5, 0.6) is 5.75 Å². The van der Waals surface area contributed by atoms with Crippen LogP contribution >= 0.6 is 11.6 Å². The summed E-state index contributed by atoms with van der Waals surface area (Å²) in [4.78, 5) is 21.5. The zero-order valence-corrected chi connectivity index (χ0v) is 21.0. The van der Waals surface area contributed by atoms with Crippen LogP contribution in [0.25, 0.3) is 33.4 Å². The molecule has 0 aliphatic heterocycles. The molecule has 0 spiro atoms. The van der Waals surface area contributed by atoms with Crippen LogP contribution < -0.4 is 15.3 Å². The third-order valence-corrected chi connectivity index (χ3v) is 6.84. The van der Waals surface area contributed by atoms with E-state index in [-0.39, 0.29) is 16.3 Å². The van der Waals surface area contributed by atoms with Gasteiger partial charge >= 0.3 is 0 Å². The van der Waals surface area contributed by atoms with Crippen molar-refractivity contribution < 1.29 is 22.0 Å². The van der Waals surface area contributed by atoms with E-state index < -0.39 is 21.2 Å². The van der Waals surface area contributed by atoms with Gasteiger partial charge in [0, 0.05) is 16.7 Å². The van der Waals surface area contributed by atoms with Gasteiger partial charge in [0.1, 0.15) is 28.1 Å². The molecular formula is C25H20ClN3O6S. The van der Waals surface area contributed by atoms with Crippen LogP contribution in [-0.4, -0.2) is 18.4 Å². The summed E-state index contributed by atoms with van der Waals surface area (Å²) in [7, 11) is -4.21. The lowest BCUT2D eigenvalue weighted by Crippen LogP contribution is -2.17. The molecule has 0 aliphatic carbocycles. The van der Waals surface area contributed by atoms with E-state index in [0.29, 0.717) is 44.5 Å².